The van der Waals surface area contributed by atoms with Crippen LogP contribution in [0.25, 0.3) is 0 Å². The Morgan fingerprint density at radius 3 is 2.23 bits per heavy atom. The highest BCUT2D eigenvalue weighted by molar-refractivity contribution is 7.92. The second kappa shape index (κ2) is 9.78. The molecule has 31 heavy (non-hydrogen) atoms. The molecule has 3 aromatic rings. The van der Waals surface area contributed by atoms with Gasteiger partial charge in [0.2, 0.25) is 0 Å². The maximum Gasteiger partial charge on any atom is 0.265 e. The van der Waals surface area contributed by atoms with Crippen LogP contribution in [0, 0.1) is 0 Å². The van der Waals surface area contributed by atoms with E-state index >= 15 is 0 Å². The molecule has 0 radical (unpaired) electrons. The molecular weight excluding hydrogens is 483 g/mol. The molecule has 0 aliphatic rings. The molecule has 0 fully saturated rings. The predicted octanol–water partition coefficient (Wildman–Crippen LogP) is 5.85. The van der Waals surface area contributed by atoms with Gasteiger partial charge in [-0.1, -0.05) is 40.9 Å². The van der Waals surface area contributed by atoms with Gasteiger partial charge in [0.15, 0.2) is 6.10 Å². The van der Waals surface area contributed by atoms with E-state index in [2.05, 4.69) is 10.0 Å². The number of hydrogen-bond donors (Lipinski definition) is 2. The third-order valence-electron chi connectivity index (χ3n) is 4.12. The molecule has 0 spiro atoms. The summed E-state index contributed by atoms with van der Waals surface area (Å²) in [5.41, 5.74) is 0.580. The van der Waals surface area contributed by atoms with Crippen molar-refractivity contribution >= 4 is 62.1 Å². The van der Waals surface area contributed by atoms with Crippen molar-refractivity contribution in [1.82, 2.24) is 0 Å². The van der Waals surface area contributed by atoms with Gasteiger partial charge < -0.3 is 10.1 Å². The topological polar surface area (TPSA) is 84.5 Å². The Morgan fingerprint density at radius 1 is 0.935 bits per heavy atom. The molecule has 0 heterocycles. The van der Waals surface area contributed by atoms with Crippen LogP contribution < -0.4 is 14.8 Å². The molecule has 10 heteroatoms. The molecule has 0 saturated heterocycles. The Bertz CT molecular complexity index is 1180. The van der Waals surface area contributed by atoms with E-state index in [9.17, 15) is 13.2 Å². The van der Waals surface area contributed by atoms with Crippen molar-refractivity contribution in [2.24, 2.45) is 0 Å². The van der Waals surface area contributed by atoms with Gasteiger partial charge in [-0.05, 0) is 67.6 Å². The highest BCUT2D eigenvalue weighted by Crippen LogP contribution is 2.31. The van der Waals surface area contributed by atoms with E-state index in [1.165, 1.54) is 30.3 Å². The normalized spacial score (nSPS) is 12.1. The maximum absolute atomic E-state index is 12.6. The first-order valence-electron chi connectivity index (χ1n) is 8.96. The number of carbonyl (C=O) groups excluding carboxylic acids is 1. The lowest BCUT2D eigenvalue weighted by Gasteiger charge is -2.15. The number of nitrogens with one attached hydrogen (secondary N) is 2. The van der Waals surface area contributed by atoms with Crippen molar-refractivity contribution in [3.63, 3.8) is 0 Å². The quantitative estimate of drug-likeness (QED) is 0.427. The van der Waals surface area contributed by atoms with Crippen LogP contribution in [0.5, 0.6) is 5.75 Å². The standard InChI is InChI=1S/C21H17Cl3N2O4S/c1-13(30-16-9-5-14(22)6-10-16)21(27)25-15-7-11-17(12-8-15)31(28,29)26-19-4-2-3-18(23)20(19)24/h2-13,26H,1H3,(H,25,27). The zero-order valence-electron chi connectivity index (χ0n) is 16.1. The fraction of sp³-hybridized carbons (Fsp3) is 0.0952. The van der Waals surface area contributed by atoms with Gasteiger partial charge in [0.1, 0.15) is 5.75 Å². The molecule has 0 aliphatic carbocycles. The number of sulfonamides is 1. The van der Waals surface area contributed by atoms with Crippen LogP contribution in [0.4, 0.5) is 11.4 Å². The number of ether oxygens (including phenoxy) is 1. The lowest BCUT2D eigenvalue weighted by atomic mass is 10.3. The van der Waals surface area contributed by atoms with Gasteiger partial charge in [-0.3, -0.25) is 9.52 Å². The lowest BCUT2D eigenvalue weighted by Crippen LogP contribution is -2.30. The van der Waals surface area contributed by atoms with Crippen LogP contribution >= 0.6 is 34.8 Å². The number of hydrogen-bond acceptors (Lipinski definition) is 4. The van der Waals surface area contributed by atoms with Crippen LogP contribution in [-0.4, -0.2) is 20.4 Å². The first-order chi connectivity index (χ1) is 14.7. The Morgan fingerprint density at radius 2 is 1.58 bits per heavy atom. The van der Waals surface area contributed by atoms with Gasteiger partial charge in [0, 0.05) is 10.7 Å². The SMILES string of the molecule is CC(Oc1ccc(Cl)cc1)C(=O)Nc1ccc(S(=O)(=O)Nc2cccc(Cl)c2Cl)cc1. The fourth-order valence-corrected chi connectivity index (χ4v) is 4.12. The van der Waals surface area contributed by atoms with E-state index < -0.39 is 22.0 Å². The van der Waals surface area contributed by atoms with Gasteiger partial charge in [0.05, 0.1) is 20.6 Å². The summed E-state index contributed by atoms with van der Waals surface area (Å²) in [6.07, 6.45) is -0.781. The van der Waals surface area contributed by atoms with Crippen molar-refractivity contribution in [2.75, 3.05) is 10.0 Å². The lowest BCUT2D eigenvalue weighted by molar-refractivity contribution is -0.122. The van der Waals surface area contributed by atoms with E-state index in [0.29, 0.717) is 16.5 Å². The van der Waals surface area contributed by atoms with Gasteiger partial charge >= 0.3 is 0 Å². The van der Waals surface area contributed by atoms with Crippen molar-refractivity contribution in [2.45, 2.75) is 17.9 Å². The first-order valence-corrected chi connectivity index (χ1v) is 11.6. The molecule has 0 aliphatic heterocycles. The Balaban J connectivity index is 1.65. The molecule has 3 aromatic carbocycles. The predicted molar refractivity (Wildman–Crippen MR) is 124 cm³/mol. The summed E-state index contributed by atoms with van der Waals surface area (Å²) in [4.78, 5) is 12.3. The highest BCUT2D eigenvalue weighted by atomic mass is 35.5. The number of halogens is 3. The number of benzene rings is 3. The summed E-state index contributed by atoms with van der Waals surface area (Å²) >= 11 is 17.8. The van der Waals surface area contributed by atoms with Crippen molar-refractivity contribution in [1.29, 1.82) is 0 Å². The van der Waals surface area contributed by atoms with Crippen LogP contribution in [0.2, 0.25) is 15.1 Å². The monoisotopic (exact) mass is 498 g/mol. The average molecular weight is 500 g/mol. The molecule has 2 N–H and O–H groups in total. The summed E-state index contributed by atoms with van der Waals surface area (Å²) in [5.74, 6) is 0.105. The van der Waals surface area contributed by atoms with Crippen LogP contribution in [0.3, 0.4) is 0 Å². The largest absolute Gasteiger partial charge is 0.481 e. The highest BCUT2D eigenvalue weighted by Gasteiger charge is 2.18. The molecule has 3 rings (SSSR count). The molecule has 0 saturated carbocycles. The smallest absolute Gasteiger partial charge is 0.265 e. The summed E-state index contributed by atoms with van der Waals surface area (Å²) < 4.78 is 33.2. The van der Waals surface area contributed by atoms with Gasteiger partial charge in [-0.15, -0.1) is 0 Å². The zero-order chi connectivity index (χ0) is 22.6. The fourth-order valence-electron chi connectivity index (χ4n) is 2.52. The van der Waals surface area contributed by atoms with Crippen molar-refractivity contribution in [3.8, 4) is 5.75 Å². The number of amides is 1. The van der Waals surface area contributed by atoms with Gasteiger partial charge in [-0.2, -0.15) is 0 Å². The van der Waals surface area contributed by atoms with Crippen LogP contribution in [-0.2, 0) is 14.8 Å². The number of anilines is 2. The van der Waals surface area contributed by atoms with E-state index in [-0.39, 0.29) is 20.6 Å². The minimum absolute atomic E-state index is 0.00740. The Kier molecular flexibility index (Phi) is 7.33. The zero-order valence-corrected chi connectivity index (χ0v) is 19.2. The molecule has 0 aromatic heterocycles. The number of carbonyl (C=O) groups is 1. The van der Waals surface area contributed by atoms with Crippen LogP contribution in [0.15, 0.2) is 71.6 Å². The summed E-state index contributed by atoms with van der Waals surface area (Å²) in [6.45, 7) is 1.60. The first kappa shape index (κ1) is 23.2. The molecule has 1 unspecified atom stereocenters. The Labute approximate surface area is 195 Å². The van der Waals surface area contributed by atoms with E-state index in [1.54, 1.807) is 43.3 Å². The van der Waals surface area contributed by atoms with Crippen LogP contribution in [0.1, 0.15) is 6.92 Å². The maximum atomic E-state index is 12.6. The summed E-state index contributed by atoms with van der Waals surface area (Å²) in [5, 5.41) is 3.57. The Hall–Kier alpha value is -2.45. The molecule has 1 atom stereocenters. The minimum atomic E-state index is -3.90. The van der Waals surface area contributed by atoms with Gasteiger partial charge in [0.25, 0.3) is 15.9 Å². The van der Waals surface area contributed by atoms with Crippen molar-refractivity contribution < 1.29 is 17.9 Å². The van der Waals surface area contributed by atoms with Crippen molar-refractivity contribution in [3.05, 3.63) is 81.8 Å². The minimum Gasteiger partial charge on any atom is -0.481 e. The molecule has 162 valence electrons. The average Bonchev–Trinajstić information content (AvgIpc) is 2.73. The molecule has 1 amide bonds. The summed E-state index contributed by atoms with van der Waals surface area (Å²) in [7, 11) is -3.90. The molecular formula is C21H17Cl3N2O4S. The number of rotatable bonds is 7. The molecule has 0 bridgehead atoms. The van der Waals surface area contributed by atoms with E-state index in [0.717, 1.165) is 0 Å². The molecule has 6 nitrogen and oxygen atoms in total. The van der Waals surface area contributed by atoms with E-state index in [4.69, 9.17) is 39.5 Å². The second-order valence-corrected chi connectivity index (χ2v) is 9.34. The van der Waals surface area contributed by atoms with Gasteiger partial charge in [-0.25, -0.2) is 8.42 Å². The summed E-state index contributed by atoms with van der Waals surface area (Å²) in [6, 6.07) is 16.9. The third kappa shape index (κ3) is 6.04. The third-order valence-corrected chi connectivity index (χ3v) is 6.58. The second-order valence-electron chi connectivity index (χ2n) is 6.43. The van der Waals surface area contributed by atoms with E-state index in [1.807, 2.05) is 0 Å².